The van der Waals surface area contributed by atoms with Crippen LogP contribution in [-0.4, -0.2) is 59.9 Å². The molecule has 0 aliphatic carbocycles. The van der Waals surface area contributed by atoms with Crippen molar-refractivity contribution in [3.05, 3.63) is 23.7 Å². The van der Waals surface area contributed by atoms with Crippen LogP contribution in [0, 0.1) is 0 Å². The molecule has 146 valence electrons. The number of rotatable bonds is 3. The van der Waals surface area contributed by atoms with E-state index in [0.29, 0.717) is 6.54 Å². The van der Waals surface area contributed by atoms with Crippen LogP contribution in [0.15, 0.2) is 12.1 Å². The van der Waals surface area contributed by atoms with Crippen LogP contribution in [0.2, 0.25) is 0 Å². The third-order valence-electron chi connectivity index (χ3n) is 4.29. The summed E-state index contributed by atoms with van der Waals surface area (Å²) in [5.41, 5.74) is -0.0521. The summed E-state index contributed by atoms with van der Waals surface area (Å²) in [5.74, 6) is -0.854. The van der Waals surface area contributed by atoms with E-state index in [1.807, 2.05) is 0 Å². The van der Waals surface area contributed by atoms with Gasteiger partial charge in [0, 0.05) is 31.1 Å². The van der Waals surface area contributed by atoms with Crippen molar-refractivity contribution in [2.75, 3.05) is 33.9 Å². The molecule has 1 aliphatic heterocycles. The number of carbonyl (C=O) groups is 1. The molecule has 0 bridgehead atoms. The molecule has 1 unspecified atom stereocenters. The zero-order chi connectivity index (χ0) is 19.8. The average Bonchev–Trinajstić information content (AvgIpc) is 2.65. The molecule has 3 rings (SSSR count). The number of piperazine rings is 1. The van der Waals surface area contributed by atoms with Crippen LogP contribution < -0.4 is 14.8 Å². The SMILES string of the molecule is COc1cc2nc(C(F)(F)F)nc(C3CNCCN3C(=O)O)c2cc1OC. The monoisotopic (exact) mass is 386 g/mol. The number of ether oxygens (including phenoxy) is 2. The van der Waals surface area contributed by atoms with Crippen molar-refractivity contribution in [1.82, 2.24) is 20.2 Å². The fraction of sp³-hybridized carbons (Fsp3) is 0.438. The number of hydrogen-bond donors (Lipinski definition) is 2. The molecule has 8 nitrogen and oxygen atoms in total. The van der Waals surface area contributed by atoms with Gasteiger partial charge in [-0.1, -0.05) is 0 Å². The number of hydrogen-bond acceptors (Lipinski definition) is 6. The third kappa shape index (κ3) is 3.54. The molecule has 11 heteroatoms. The van der Waals surface area contributed by atoms with Gasteiger partial charge < -0.3 is 19.9 Å². The first kappa shape index (κ1) is 19.0. The number of amides is 1. The summed E-state index contributed by atoms with van der Waals surface area (Å²) in [6.45, 7) is 0.652. The van der Waals surface area contributed by atoms with Crippen LogP contribution in [0.25, 0.3) is 10.9 Å². The lowest BCUT2D eigenvalue weighted by atomic mass is 10.0. The van der Waals surface area contributed by atoms with E-state index in [4.69, 9.17) is 9.47 Å². The minimum Gasteiger partial charge on any atom is -0.493 e. The third-order valence-corrected chi connectivity index (χ3v) is 4.29. The van der Waals surface area contributed by atoms with Crippen molar-refractivity contribution in [1.29, 1.82) is 0 Å². The number of nitrogens with zero attached hydrogens (tertiary/aromatic N) is 3. The first-order valence-electron chi connectivity index (χ1n) is 7.97. The van der Waals surface area contributed by atoms with Gasteiger partial charge in [-0.3, -0.25) is 4.90 Å². The Bertz CT molecular complexity index is 875. The van der Waals surface area contributed by atoms with E-state index >= 15 is 0 Å². The minimum absolute atomic E-state index is 0.0131. The van der Waals surface area contributed by atoms with E-state index in [9.17, 15) is 23.1 Å². The highest BCUT2D eigenvalue weighted by Gasteiger charge is 2.38. The number of fused-ring (bicyclic) bond motifs is 1. The number of aromatic nitrogens is 2. The van der Waals surface area contributed by atoms with Gasteiger partial charge in [0.1, 0.15) is 0 Å². The van der Waals surface area contributed by atoms with Crippen molar-refractivity contribution in [2.45, 2.75) is 12.2 Å². The topological polar surface area (TPSA) is 96.8 Å². The fourth-order valence-corrected chi connectivity index (χ4v) is 3.04. The minimum atomic E-state index is -4.79. The number of benzene rings is 1. The summed E-state index contributed by atoms with van der Waals surface area (Å²) < 4.78 is 50.3. The number of nitrogens with one attached hydrogen (secondary N) is 1. The smallest absolute Gasteiger partial charge is 0.451 e. The Morgan fingerprint density at radius 3 is 2.52 bits per heavy atom. The first-order valence-corrected chi connectivity index (χ1v) is 7.97. The van der Waals surface area contributed by atoms with Gasteiger partial charge in [-0.2, -0.15) is 13.2 Å². The van der Waals surface area contributed by atoms with Crippen LogP contribution in [0.1, 0.15) is 17.6 Å². The van der Waals surface area contributed by atoms with Crippen LogP contribution >= 0.6 is 0 Å². The van der Waals surface area contributed by atoms with Crippen LogP contribution in [0.3, 0.4) is 0 Å². The molecule has 1 aliphatic rings. The Balaban J connectivity index is 2.29. The Hall–Kier alpha value is -2.82. The Morgan fingerprint density at radius 2 is 1.93 bits per heavy atom. The Morgan fingerprint density at radius 1 is 1.26 bits per heavy atom. The molecular formula is C16H17F3N4O4. The number of carboxylic acid groups (broad SMARTS) is 1. The van der Waals surface area contributed by atoms with E-state index in [0.717, 1.165) is 4.90 Å². The normalized spacial score (nSPS) is 17.8. The van der Waals surface area contributed by atoms with E-state index in [2.05, 4.69) is 15.3 Å². The second-order valence-corrected chi connectivity index (χ2v) is 5.85. The molecule has 1 fully saturated rings. The quantitative estimate of drug-likeness (QED) is 0.835. The predicted molar refractivity (Wildman–Crippen MR) is 88.0 cm³/mol. The molecule has 0 radical (unpaired) electrons. The van der Waals surface area contributed by atoms with Gasteiger partial charge in [0.15, 0.2) is 11.5 Å². The number of methoxy groups -OCH3 is 2. The van der Waals surface area contributed by atoms with Crippen LogP contribution in [0.4, 0.5) is 18.0 Å². The molecular weight excluding hydrogens is 369 g/mol. The van der Waals surface area contributed by atoms with E-state index in [1.54, 1.807) is 0 Å². The van der Waals surface area contributed by atoms with Crippen molar-refractivity contribution < 1.29 is 32.5 Å². The second-order valence-electron chi connectivity index (χ2n) is 5.85. The molecule has 0 saturated carbocycles. The molecule has 1 aromatic carbocycles. The molecule has 2 heterocycles. The van der Waals surface area contributed by atoms with E-state index < -0.39 is 24.1 Å². The molecule has 0 spiro atoms. The van der Waals surface area contributed by atoms with Gasteiger partial charge >= 0.3 is 12.3 Å². The molecule has 2 N–H and O–H groups in total. The summed E-state index contributed by atoms with van der Waals surface area (Å²) in [5, 5.41) is 12.7. The van der Waals surface area contributed by atoms with Gasteiger partial charge in [-0.15, -0.1) is 0 Å². The van der Waals surface area contributed by atoms with Crippen molar-refractivity contribution in [2.24, 2.45) is 0 Å². The molecule has 2 aromatic rings. The molecule has 1 amide bonds. The zero-order valence-corrected chi connectivity index (χ0v) is 14.5. The van der Waals surface area contributed by atoms with E-state index in [-0.39, 0.29) is 41.2 Å². The van der Waals surface area contributed by atoms with Crippen molar-refractivity contribution in [3.63, 3.8) is 0 Å². The van der Waals surface area contributed by atoms with Gasteiger partial charge in [-0.25, -0.2) is 14.8 Å². The maximum atomic E-state index is 13.3. The first-order chi connectivity index (χ1) is 12.8. The Kier molecular flexibility index (Phi) is 4.96. The summed E-state index contributed by atoms with van der Waals surface area (Å²) in [6.07, 6.45) is -6.02. The molecule has 27 heavy (non-hydrogen) atoms. The highest BCUT2D eigenvalue weighted by Crippen LogP contribution is 2.37. The standard InChI is InChI=1S/C16H17F3N4O4/c1-26-11-5-8-9(6-12(11)27-2)21-14(16(17,18)19)22-13(8)10-7-20-3-4-23(10)15(24)25/h5-6,10,20H,3-4,7H2,1-2H3,(H,24,25). The summed E-state index contributed by atoms with van der Waals surface area (Å²) in [7, 11) is 2.74. The molecule has 1 aromatic heterocycles. The average molecular weight is 386 g/mol. The largest absolute Gasteiger partial charge is 0.493 e. The fourth-order valence-electron chi connectivity index (χ4n) is 3.04. The lowest BCUT2D eigenvalue weighted by Crippen LogP contribution is -2.48. The summed E-state index contributed by atoms with van der Waals surface area (Å²) >= 11 is 0. The number of halogens is 3. The maximum absolute atomic E-state index is 13.3. The second kappa shape index (κ2) is 7.06. The Labute approximate surface area is 151 Å². The van der Waals surface area contributed by atoms with Crippen LogP contribution in [-0.2, 0) is 6.18 Å². The highest BCUT2D eigenvalue weighted by molar-refractivity contribution is 5.85. The maximum Gasteiger partial charge on any atom is 0.451 e. The van der Waals surface area contributed by atoms with Gasteiger partial charge in [-0.05, 0) is 6.07 Å². The van der Waals surface area contributed by atoms with Gasteiger partial charge in [0.2, 0.25) is 5.82 Å². The lowest BCUT2D eigenvalue weighted by Gasteiger charge is -2.34. The van der Waals surface area contributed by atoms with Crippen molar-refractivity contribution in [3.8, 4) is 11.5 Å². The molecule has 1 saturated heterocycles. The van der Waals surface area contributed by atoms with Gasteiger partial charge in [0.05, 0.1) is 31.5 Å². The predicted octanol–water partition coefficient (Wildman–Crippen LogP) is 2.29. The van der Waals surface area contributed by atoms with Crippen molar-refractivity contribution >= 4 is 17.0 Å². The van der Waals surface area contributed by atoms with Crippen LogP contribution in [0.5, 0.6) is 11.5 Å². The summed E-state index contributed by atoms with van der Waals surface area (Å²) in [4.78, 5) is 19.9. The van der Waals surface area contributed by atoms with Gasteiger partial charge in [0.25, 0.3) is 0 Å². The summed E-state index contributed by atoms with van der Waals surface area (Å²) in [6, 6.07) is 1.87. The van der Waals surface area contributed by atoms with E-state index in [1.165, 1.54) is 26.4 Å². The highest BCUT2D eigenvalue weighted by atomic mass is 19.4. The lowest BCUT2D eigenvalue weighted by molar-refractivity contribution is -0.144. The zero-order valence-electron chi connectivity index (χ0n) is 14.5. The number of alkyl halides is 3. The molecule has 1 atom stereocenters.